The van der Waals surface area contributed by atoms with Crippen molar-refractivity contribution >= 4 is 0 Å². The average molecular weight is 170 g/mol. The minimum atomic E-state index is 0. The maximum atomic E-state index is 3.00. The van der Waals surface area contributed by atoms with E-state index in [0.717, 1.165) is 0 Å². The van der Waals surface area contributed by atoms with E-state index in [1.165, 1.54) is 0 Å². The van der Waals surface area contributed by atoms with E-state index in [-0.39, 0.29) is 49.6 Å². The Kier molecular flexibility index (Phi) is 1940. The average Bonchev–Trinajstić information content (AvgIpc) is 1.00. The van der Waals surface area contributed by atoms with Crippen LogP contribution in [0.2, 0.25) is 0 Å². The normalized spacial score (nSPS) is 0.667. The molecule has 0 spiro atoms. The summed E-state index contributed by atoms with van der Waals surface area (Å²) in [5, 5.41) is 0. The molecule has 0 aliphatic heterocycles. The molecule has 0 saturated carbocycles. The number of rotatable bonds is 0. The van der Waals surface area contributed by atoms with Crippen molar-refractivity contribution in [2.24, 2.45) is 0 Å². The zero-order chi connectivity index (χ0) is 2.00. The van der Waals surface area contributed by atoms with Gasteiger partial charge >= 0.3 is 0 Å². The van der Waals surface area contributed by atoms with Crippen LogP contribution in [-0.4, -0.2) is 0 Å². The molecule has 6 heavy (non-hydrogen) atoms. The summed E-state index contributed by atoms with van der Waals surface area (Å²) in [6, 6.07) is 0. The zero-order valence-corrected chi connectivity index (χ0v) is 5.95. The molecule has 0 fully saturated rings. The van der Waals surface area contributed by atoms with E-state index in [4.69, 9.17) is 0 Å². The van der Waals surface area contributed by atoms with Crippen LogP contribution in [0.5, 0.6) is 0 Å². The molecule has 0 aromatic heterocycles. The quantitative estimate of drug-likeness (QED) is 0.316. The molecule has 0 heterocycles. The summed E-state index contributed by atoms with van der Waals surface area (Å²) in [5.41, 5.74) is 0. The molecule has 0 rings (SSSR count). The second-order valence-electron chi connectivity index (χ2n) is 0. The Balaban J connectivity index is -0.000000000833. The molecule has 44 valence electrons. The summed E-state index contributed by atoms with van der Waals surface area (Å²) in [4.78, 5) is 0. The monoisotopic (exact) mass is 168 g/mol. The van der Waals surface area contributed by atoms with Crippen molar-refractivity contribution < 1.29 is 49.6 Å². The van der Waals surface area contributed by atoms with Crippen LogP contribution in [0, 0.1) is 0 Å². The van der Waals surface area contributed by atoms with Crippen molar-refractivity contribution in [3.63, 3.8) is 0 Å². The van der Waals surface area contributed by atoms with E-state index in [2.05, 4.69) is 13.2 Å². The van der Waals surface area contributed by atoms with Gasteiger partial charge in [0.15, 0.2) is 0 Å². The second-order valence-corrected chi connectivity index (χ2v) is 0. The Hall–Kier alpha value is 0.900. The van der Waals surface area contributed by atoms with Crippen LogP contribution >= 0.6 is 0 Å². The van der Waals surface area contributed by atoms with Crippen molar-refractivity contribution in [1.29, 1.82) is 0 Å². The van der Waals surface area contributed by atoms with Crippen molar-refractivity contribution in [1.82, 2.24) is 0 Å². The molecule has 0 aromatic carbocycles. The van der Waals surface area contributed by atoms with Gasteiger partial charge in [-0.25, -0.2) is 0 Å². The molecule has 0 aliphatic rings. The SMILES string of the molecule is C=C.[Cl-].[Cl-].[Cl-].[Cl-]. The fourth-order valence-electron chi connectivity index (χ4n) is 0. The first kappa shape index (κ1) is 66.5. The minimum absolute atomic E-state index is 0. The van der Waals surface area contributed by atoms with E-state index in [0.29, 0.717) is 0 Å². The Morgan fingerprint density at radius 3 is 0.500 bits per heavy atom. The van der Waals surface area contributed by atoms with Gasteiger partial charge in [-0.2, -0.15) is 0 Å². The fourth-order valence-corrected chi connectivity index (χ4v) is 0. The van der Waals surface area contributed by atoms with E-state index in [1.807, 2.05) is 0 Å². The van der Waals surface area contributed by atoms with E-state index >= 15 is 0 Å². The van der Waals surface area contributed by atoms with Gasteiger partial charge in [-0.15, -0.1) is 13.2 Å². The smallest absolute Gasteiger partial charge is 0.106 e. The van der Waals surface area contributed by atoms with Crippen LogP contribution < -0.4 is 49.6 Å². The molecule has 0 atom stereocenters. The predicted octanol–water partition coefficient (Wildman–Crippen LogP) is -11.2. The first-order valence-electron chi connectivity index (χ1n) is 0.500. The molecule has 4 heteroatoms. The number of halogens is 4. The summed E-state index contributed by atoms with van der Waals surface area (Å²) in [7, 11) is 0. The largest absolute Gasteiger partial charge is 1.00 e. The van der Waals surface area contributed by atoms with Crippen molar-refractivity contribution in [3.05, 3.63) is 13.2 Å². The van der Waals surface area contributed by atoms with Crippen LogP contribution in [0.15, 0.2) is 13.2 Å². The molecule has 0 saturated heterocycles. The lowest BCUT2D eigenvalue weighted by molar-refractivity contribution is -0.00100. The van der Waals surface area contributed by atoms with Gasteiger partial charge in [0.25, 0.3) is 0 Å². The maximum absolute atomic E-state index is 3.00. The van der Waals surface area contributed by atoms with Gasteiger partial charge in [-0.1, -0.05) is 0 Å². The van der Waals surface area contributed by atoms with E-state index in [1.54, 1.807) is 0 Å². The van der Waals surface area contributed by atoms with Crippen molar-refractivity contribution in [3.8, 4) is 0 Å². The summed E-state index contributed by atoms with van der Waals surface area (Å²) in [6.45, 7) is 6.00. The van der Waals surface area contributed by atoms with Gasteiger partial charge in [-0.3, -0.25) is 0 Å². The topological polar surface area (TPSA) is 0 Å². The van der Waals surface area contributed by atoms with Crippen LogP contribution in [0.25, 0.3) is 0 Å². The van der Waals surface area contributed by atoms with Crippen LogP contribution in [-0.2, 0) is 0 Å². The molecule has 0 unspecified atom stereocenters. The summed E-state index contributed by atoms with van der Waals surface area (Å²) >= 11 is 0. The molecular weight excluding hydrogens is 166 g/mol. The third-order valence-corrected chi connectivity index (χ3v) is 0. The highest BCUT2D eigenvalue weighted by atomic mass is 35.5. The van der Waals surface area contributed by atoms with E-state index in [9.17, 15) is 0 Å². The van der Waals surface area contributed by atoms with Crippen molar-refractivity contribution in [2.75, 3.05) is 0 Å². The summed E-state index contributed by atoms with van der Waals surface area (Å²) in [6.07, 6.45) is 0. The summed E-state index contributed by atoms with van der Waals surface area (Å²) < 4.78 is 0. The molecule has 0 aromatic rings. The molecule has 0 aliphatic carbocycles. The third kappa shape index (κ3) is 92.0. The van der Waals surface area contributed by atoms with Gasteiger partial charge in [0.2, 0.25) is 0 Å². The highest BCUT2D eigenvalue weighted by molar-refractivity contribution is 4.22. The fraction of sp³-hybridized carbons (Fsp3) is 0. The van der Waals surface area contributed by atoms with Gasteiger partial charge in [0.05, 0.1) is 0 Å². The van der Waals surface area contributed by atoms with Crippen LogP contribution in [0.3, 0.4) is 0 Å². The molecular formula is C2H4Cl4-4. The summed E-state index contributed by atoms with van der Waals surface area (Å²) in [5.74, 6) is 0. The second kappa shape index (κ2) is 175. The van der Waals surface area contributed by atoms with Gasteiger partial charge in [0.1, 0.15) is 0 Å². The molecule has 0 N–H and O–H groups in total. The Morgan fingerprint density at radius 1 is 0.500 bits per heavy atom. The Labute approximate surface area is 63.0 Å². The minimum Gasteiger partial charge on any atom is -1.00 e. The van der Waals surface area contributed by atoms with E-state index < -0.39 is 0 Å². The first-order chi connectivity index (χ1) is 1.00. The lowest BCUT2D eigenvalue weighted by Gasteiger charge is -1.00. The number of hydrogen-bond acceptors (Lipinski definition) is 0. The highest BCUT2D eigenvalue weighted by Crippen LogP contribution is 0.862. The third-order valence-electron chi connectivity index (χ3n) is 0. The first-order valence-corrected chi connectivity index (χ1v) is 0.500. The molecule has 0 bridgehead atoms. The zero-order valence-electron chi connectivity index (χ0n) is 2.93. The van der Waals surface area contributed by atoms with Crippen LogP contribution in [0.1, 0.15) is 0 Å². The van der Waals surface area contributed by atoms with Gasteiger partial charge in [-0.05, 0) is 0 Å². The highest BCUT2D eigenvalue weighted by Gasteiger charge is 0.601. The van der Waals surface area contributed by atoms with Crippen LogP contribution in [0.4, 0.5) is 0 Å². The molecule has 0 amide bonds. The predicted molar refractivity (Wildman–Crippen MR) is 11.3 cm³/mol. The number of hydrogen-bond donors (Lipinski definition) is 0. The maximum Gasteiger partial charge on any atom is -0.106 e. The molecule has 0 nitrogen and oxygen atoms in total. The van der Waals surface area contributed by atoms with Gasteiger partial charge in [0, 0.05) is 0 Å². The van der Waals surface area contributed by atoms with Gasteiger partial charge < -0.3 is 49.6 Å². The Bertz CT molecular complexity index is 5.51. The van der Waals surface area contributed by atoms with Crippen molar-refractivity contribution in [2.45, 2.75) is 0 Å². The lowest BCUT2D eigenvalue weighted by Crippen LogP contribution is -3.00. The lowest BCUT2D eigenvalue weighted by atomic mass is 11.3. The standard InChI is InChI=1S/C2H4.4ClH/c1-2;;;;/h1-2H2;4*1H/p-4. The Morgan fingerprint density at radius 2 is 0.500 bits per heavy atom. The molecule has 0 radical (unpaired) electrons.